The minimum absolute atomic E-state index is 0.0380. The number of halogens is 3. The smallest absolute Gasteiger partial charge is 0.178 e. The van der Waals surface area contributed by atoms with E-state index in [-0.39, 0.29) is 12.2 Å². The van der Waals surface area contributed by atoms with E-state index in [1.54, 1.807) is 18.2 Å². The molecule has 1 nitrogen and oxygen atoms in total. The van der Waals surface area contributed by atoms with E-state index in [9.17, 15) is 4.79 Å². The highest BCUT2D eigenvalue weighted by molar-refractivity contribution is 9.10. The van der Waals surface area contributed by atoms with E-state index < -0.39 is 0 Å². The third-order valence-corrected chi connectivity index (χ3v) is 4.71. The number of ketones is 1. The third kappa shape index (κ3) is 3.10. The van der Waals surface area contributed by atoms with Gasteiger partial charge in [0.1, 0.15) is 0 Å². The molecule has 0 radical (unpaired) electrons. The lowest BCUT2D eigenvalue weighted by molar-refractivity contribution is 0.0996. The second-order valence-electron chi connectivity index (χ2n) is 3.43. The molecule has 2 aromatic rings. The van der Waals surface area contributed by atoms with Crippen molar-refractivity contribution in [2.75, 3.05) is 0 Å². The summed E-state index contributed by atoms with van der Waals surface area (Å²) in [6.07, 6.45) is 0.262. The lowest BCUT2D eigenvalue weighted by Crippen LogP contribution is -2.02. The molecule has 0 bridgehead atoms. The van der Waals surface area contributed by atoms with E-state index in [4.69, 9.17) is 23.2 Å². The van der Waals surface area contributed by atoms with Gasteiger partial charge in [-0.3, -0.25) is 4.79 Å². The van der Waals surface area contributed by atoms with E-state index >= 15 is 0 Å². The van der Waals surface area contributed by atoms with Crippen molar-refractivity contribution in [3.05, 3.63) is 54.6 Å². The molecule has 0 aliphatic heterocycles. The maximum absolute atomic E-state index is 12.0. The molecule has 0 atom stereocenters. The summed E-state index contributed by atoms with van der Waals surface area (Å²) in [5, 5.41) is 3.02. The van der Waals surface area contributed by atoms with Crippen LogP contribution in [-0.4, -0.2) is 5.78 Å². The first-order valence-corrected chi connectivity index (χ1v) is 7.21. The summed E-state index contributed by atoms with van der Waals surface area (Å²) in [6, 6.07) is 7.00. The first-order chi connectivity index (χ1) is 8.08. The van der Waals surface area contributed by atoms with Crippen LogP contribution >= 0.6 is 50.5 Å². The molecule has 0 aliphatic carbocycles. The summed E-state index contributed by atoms with van der Waals surface area (Å²) in [7, 11) is 0. The summed E-state index contributed by atoms with van der Waals surface area (Å²) in [6.45, 7) is 0. The zero-order chi connectivity index (χ0) is 12.4. The summed E-state index contributed by atoms with van der Waals surface area (Å²) >= 11 is 16.7. The summed E-state index contributed by atoms with van der Waals surface area (Å²) < 4.78 is 0.825. The minimum Gasteiger partial charge on any atom is -0.293 e. The zero-order valence-electron chi connectivity index (χ0n) is 8.54. The Kier molecular flexibility index (Phi) is 4.26. The molecule has 0 amide bonds. The Bertz CT molecular complexity index is 565. The van der Waals surface area contributed by atoms with Crippen LogP contribution in [0.5, 0.6) is 0 Å². The van der Waals surface area contributed by atoms with Crippen molar-refractivity contribution in [2.24, 2.45) is 0 Å². The fraction of sp³-hybridized carbons (Fsp3) is 0.0833. The van der Waals surface area contributed by atoms with E-state index in [2.05, 4.69) is 15.9 Å². The van der Waals surface area contributed by atoms with Crippen molar-refractivity contribution < 1.29 is 4.79 Å². The Morgan fingerprint density at radius 3 is 2.71 bits per heavy atom. The van der Waals surface area contributed by atoms with Gasteiger partial charge in [-0.05, 0) is 51.1 Å². The molecule has 1 aromatic carbocycles. The lowest BCUT2D eigenvalue weighted by Gasteiger charge is -2.03. The third-order valence-electron chi connectivity index (χ3n) is 2.23. The predicted octanol–water partition coefficient (Wildman–Crippen LogP) is 5.24. The molecule has 0 saturated carbocycles. The number of Topliss-reactive ketones (excluding diaryl/α,β-unsaturated/α-hetero) is 1. The number of hydrogen-bond acceptors (Lipinski definition) is 2. The topological polar surface area (TPSA) is 17.1 Å². The highest BCUT2D eigenvalue weighted by Gasteiger charge is 2.14. The van der Waals surface area contributed by atoms with Gasteiger partial charge in [0, 0.05) is 20.9 Å². The molecule has 2 rings (SSSR count). The Balaban J connectivity index is 2.24. The number of carbonyl (C=O) groups excluding carboxylic acids is 1. The van der Waals surface area contributed by atoms with Gasteiger partial charge >= 0.3 is 0 Å². The minimum atomic E-state index is 0.0380. The van der Waals surface area contributed by atoms with E-state index in [0.29, 0.717) is 14.9 Å². The van der Waals surface area contributed by atoms with Crippen molar-refractivity contribution in [3.8, 4) is 0 Å². The standard InChI is InChI=1S/C12H7BrCl2OS/c13-9-3-4-17-12(9)11(16)6-7-5-8(14)1-2-10(7)15/h1-5H,6H2. The summed E-state index contributed by atoms with van der Waals surface area (Å²) in [5.41, 5.74) is 0.754. The van der Waals surface area contributed by atoms with Crippen molar-refractivity contribution in [1.29, 1.82) is 0 Å². The van der Waals surface area contributed by atoms with Crippen LogP contribution in [0.1, 0.15) is 15.2 Å². The fourth-order valence-corrected chi connectivity index (χ4v) is 3.34. The second-order valence-corrected chi connectivity index (χ2v) is 6.05. The van der Waals surface area contributed by atoms with Crippen LogP contribution in [0.3, 0.4) is 0 Å². The lowest BCUT2D eigenvalue weighted by atomic mass is 10.1. The van der Waals surface area contributed by atoms with E-state index in [0.717, 1.165) is 10.0 Å². The maximum Gasteiger partial charge on any atom is 0.178 e. The SMILES string of the molecule is O=C(Cc1cc(Cl)ccc1Cl)c1sccc1Br. The van der Waals surface area contributed by atoms with Gasteiger partial charge in [-0.2, -0.15) is 0 Å². The van der Waals surface area contributed by atoms with Crippen LogP contribution in [-0.2, 0) is 6.42 Å². The van der Waals surface area contributed by atoms with Crippen LogP contribution in [0.2, 0.25) is 10.0 Å². The Hall–Kier alpha value is -0.350. The van der Waals surface area contributed by atoms with Crippen LogP contribution in [0.4, 0.5) is 0 Å². The number of rotatable bonds is 3. The van der Waals surface area contributed by atoms with E-state index in [1.807, 2.05) is 11.4 Å². The molecule has 0 unspecified atom stereocenters. The summed E-state index contributed by atoms with van der Waals surface area (Å²) in [4.78, 5) is 12.7. The average molecular weight is 350 g/mol. The number of thiophene rings is 1. The first-order valence-electron chi connectivity index (χ1n) is 4.78. The molecule has 0 aliphatic rings. The van der Waals surface area contributed by atoms with E-state index in [1.165, 1.54) is 11.3 Å². The van der Waals surface area contributed by atoms with Gasteiger partial charge in [-0.25, -0.2) is 0 Å². The average Bonchev–Trinajstić information content (AvgIpc) is 2.70. The molecule has 88 valence electrons. The largest absolute Gasteiger partial charge is 0.293 e. The van der Waals surface area contributed by atoms with Crippen LogP contribution < -0.4 is 0 Å². The molecule has 1 heterocycles. The number of carbonyl (C=O) groups is 1. The molecule has 0 N–H and O–H groups in total. The Labute approximate surface area is 121 Å². The molecule has 0 fully saturated rings. The quantitative estimate of drug-likeness (QED) is 0.692. The normalized spacial score (nSPS) is 10.5. The molecule has 0 saturated heterocycles. The van der Waals surface area contributed by atoms with Crippen LogP contribution in [0.15, 0.2) is 34.1 Å². The summed E-state index contributed by atoms with van der Waals surface area (Å²) in [5.74, 6) is 0.0380. The number of hydrogen-bond donors (Lipinski definition) is 0. The van der Waals surface area contributed by atoms with Gasteiger partial charge in [-0.15, -0.1) is 11.3 Å². The van der Waals surface area contributed by atoms with Gasteiger partial charge in [0.25, 0.3) is 0 Å². The molecule has 5 heteroatoms. The molecule has 1 aromatic heterocycles. The molecular formula is C12H7BrCl2OS. The molecule has 17 heavy (non-hydrogen) atoms. The molecular weight excluding hydrogens is 343 g/mol. The van der Waals surface area contributed by atoms with Crippen molar-refractivity contribution in [3.63, 3.8) is 0 Å². The highest BCUT2D eigenvalue weighted by atomic mass is 79.9. The van der Waals surface area contributed by atoms with Gasteiger partial charge in [0.05, 0.1) is 4.88 Å². The van der Waals surface area contributed by atoms with Crippen molar-refractivity contribution >= 4 is 56.3 Å². The number of benzene rings is 1. The van der Waals surface area contributed by atoms with Gasteiger partial charge in [-0.1, -0.05) is 23.2 Å². The zero-order valence-corrected chi connectivity index (χ0v) is 12.5. The van der Waals surface area contributed by atoms with Crippen LogP contribution in [0, 0.1) is 0 Å². The van der Waals surface area contributed by atoms with Gasteiger partial charge in [0.2, 0.25) is 0 Å². The Morgan fingerprint density at radius 1 is 1.29 bits per heavy atom. The van der Waals surface area contributed by atoms with Crippen molar-refractivity contribution in [2.45, 2.75) is 6.42 Å². The fourth-order valence-electron chi connectivity index (χ4n) is 1.42. The predicted molar refractivity (Wildman–Crippen MR) is 76.5 cm³/mol. The maximum atomic E-state index is 12.0. The highest BCUT2D eigenvalue weighted by Crippen LogP contribution is 2.27. The van der Waals surface area contributed by atoms with Gasteiger partial charge in [0.15, 0.2) is 5.78 Å². The van der Waals surface area contributed by atoms with Crippen molar-refractivity contribution in [1.82, 2.24) is 0 Å². The second kappa shape index (κ2) is 5.53. The first kappa shape index (κ1) is 13.1. The van der Waals surface area contributed by atoms with Crippen LogP contribution in [0.25, 0.3) is 0 Å². The molecule has 0 spiro atoms. The monoisotopic (exact) mass is 348 g/mol. The Morgan fingerprint density at radius 2 is 2.06 bits per heavy atom. The van der Waals surface area contributed by atoms with Gasteiger partial charge < -0.3 is 0 Å².